The minimum Gasteiger partial charge on any atom is -0.354 e. The van der Waals surface area contributed by atoms with E-state index in [-0.39, 0.29) is 11.9 Å². The molecule has 2 aromatic rings. The molecule has 8 nitrogen and oxygen atoms in total. The largest absolute Gasteiger partial charge is 0.354 e. The van der Waals surface area contributed by atoms with Gasteiger partial charge in [-0.15, -0.1) is 0 Å². The first kappa shape index (κ1) is 17.6. The van der Waals surface area contributed by atoms with Gasteiger partial charge in [0.2, 0.25) is 5.91 Å². The molecule has 3 rings (SSSR count). The number of amides is 1. The summed E-state index contributed by atoms with van der Waals surface area (Å²) in [5.41, 5.74) is 1.05. The normalized spacial score (nSPS) is 18.7. The molecule has 1 amide bonds. The lowest BCUT2D eigenvalue weighted by atomic mass is 10.1. The van der Waals surface area contributed by atoms with Gasteiger partial charge in [0.05, 0.1) is 6.04 Å². The monoisotopic (exact) mass is 345 g/mol. The van der Waals surface area contributed by atoms with E-state index in [2.05, 4.69) is 50.2 Å². The maximum atomic E-state index is 11.4. The third-order valence-corrected chi connectivity index (χ3v) is 4.64. The number of aromatic nitrogens is 4. The van der Waals surface area contributed by atoms with Crippen molar-refractivity contribution in [3.05, 3.63) is 18.1 Å². The van der Waals surface area contributed by atoms with E-state index in [1.165, 1.54) is 0 Å². The van der Waals surface area contributed by atoms with E-state index < -0.39 is 0 Å². The van der Waals surface area contributed by atoms with Crippen molar-refractivity contribution in [3.63, 3.8) is 0 Å². The number of hydrogen-bond donors (Lipinski definition) is 1. The maximum absolute atomic E-state index is 11.4. The van der Waals surface area contributed by atoms with Crippen LogP contribution in [0.3, 0.4) is 0 Å². The number of fused-ring (bicyclic) bond motifs is 1. The van der Waals surface area contributed by atoms with E-state index in [9.17, 15) is 4.79 Å². The van der Waals surface area contributed by atoms with Crippen LogP contribution in [0.15, 0.2) is 12.4 Å². The number of rotatable bonds is 6. The summed E-state index contributed by atoms with van der Waals surface area (Å²) in [5, 5.41) is 7.32. The van der Waals surface area contributed by atoms with Gasteiger partial charge in [-0.3, -0.25) is 4.79 Å². The van der Waals surface area contributed by atoms with Crippen LogP contribution in [-0.2, 0) is 11.2 Å². The van der Waals surface area contributed by atoms with Crippen LogP contribution in [0.25, 0.3) is 5.78 Å². The predicted octanol–water partition coefficient (Wildman–Crippen LogP) is 0.723. The number of nitrogens with zero attached hydrogens (tertiary/aromatic N) is 6. The second-order valence-corrected chi connectivity index (χ2v) is 6.73. The van der Waals surface area contributed by atoms with Crippen LogP contribution in [0.1, 0.15) is 32.4 Å². The first-order valence-electron chi connectivity index (χ1n) is 8.97. The summed E-state index contributed by atoms with van der Waals surface area (Å²) < 4.78 is 1.81. The maximum Gasteiger partial charge on any atom is 0.254 e. The molecule has 0 spiro atoms. The first-order chi connectivity index (χ1) is 12.1. The molecule has 0 bridgehead atoms. The molecule has 0 saturated carbocycles. The molecule has 1 atom stereocenters. The molecule has 8 heteroatoms. The molecular weight excluding hydrogens is 318 g/mol. The van der Waals surface area contributed by atoms with Gasteiger partial charge in [0, 0.05) is 44.9 Å². The van der Waals surface area contributed by atoms with Gasteiger partial charge in [0.1, 0.15) is 12.1 Å². The summed E-state index contributed by atoms with van der Waals surface area (Å²) in [4.78, 5) is 24.9. The highest BCUT2D eigenvalue weighted by Crippen LogP contribution is 2.22. The molecule has 1 saturated heterocycles. The quantitative estimate of drug-likeness (QED) is 0.831. The third-order valence-electron chi connectivity index (χ3n) is 4.64. The van der Waals surface area contributed by atoms with E-state index >= 15 is 0 Å². The van der Waals surface area contributed by atoms with Crippen molar-refractivity contribution >= 4 is 17.5 Å². The van der Waals surface area contributed by atoms with Gasteiger partial charge in [-0.25, -0.2) is 4.98 Å². The van der Waals surface area contributed by atoms with Crippen LogP contribution < -0.4 is 10.2 Å². The molecule has 1 unspecified atom stereocenters. The number of unbranched alkanes of at least 4 members (excludes halogenated alkanes) is 1. The molecule has 136 valence electrons. The van der Waals surface area contributed by atoms with Crippen molar-refractivity contribution in [1.82, 2.24) is 29.8 Å². The van der Waals surface area contributed by atoms with Crippen LogP contribution in [0.5, 0.6) is 0 Å². The van der Waals surface area contributed by atoms with Crippen LogP contribution in [0.4, 0.5) is 5.82 Å². The highest BCUT2D eigenvalue weighted by atomic mass is 16.1. The molecular formula is C17H27N7O. The third kappa shape index (κ3) is 4.07. The smallest absolute Gasteiger partial charge is 0.254 e. The summed E-state index contributed by atoms with van der Waals surface area (Å²) >= 11 is 0. The molecule has 1 aliphatic heterocycles. The SMILES string of the molecule is CCCCc1cc(N2CCN(C)CC2CNC(C)=O)n2ncnc2n1. The average molecular weight is 345 g/mol. The number of nitrogens with one attached hydrogen (secondary N) is 1. The number of carbonyl (C=O) groups excluding carboxylic acids is 1. The van der Waals surface area contributed by atoms with Gasteiger partial charge in [0.25, 0.3) is 5.78 Å². The van der Waals surface area contributed by atoms with Gasteiger partial charge < -0.3 is 15.1 Å². The van der Waals surface area contributed by atoms with Crippen molar-refractivity contribution in [2.75, 3.05) is 38.1 Å². The molecule has 1 aliphatic rings. The molecule has 3 heterocycles. The second-order valence-electron chi connectivity index (χ2n) is 6.73. The van der Waals surface area contributed by atoms with E-state index in [1.807, 2.05) is 4.52 Å². The Morgan fingerprint density at radius 1 is 1.40 bits per heavy atom. The van der Waals surface area contributed by atoms with Gasteiger partial charge in [-0.05, 0) is 19.9 Å². The Kier molecular flexibility index (Phi) is 5.47. The Morgan fingerprint density at radius 2 is 2.24 bits per heavy atom. The van der Waals surface area contributed by atoms with E-state index in [4.69, 9.17) is 0 Å². The summed E-state index contributed by atoms with van der Waals surface area (Å²) in [5.74, 6) is 1.65. The molecule has 2 aromatic heterocycles. The van der Waals surface area contributed by atoms with Gasteiger partial charge in [-0.1, -0.05) is 13.3 Å². The fraction of sp³-hybridized carbons (Fsp3) is 0.647. The van der Waals surface area contributed by atoms with Crippen LogP contribution >= 0.6 is 0 Å². The Bertz CT molecular complexity index is 729. The van der Waals surface area contributed by atoms with Crippen molar-refractivity contribution < 1.29 is 4.79 Å². The number of likely N-dealkylation sites (N-methyl/N-ethyl adjacent to an activating group) is 1. The lowest BCUT2D eigenvalue weighted by molar-refractivity contribution is -0.119. The second kappa shape index (κ2) is 7.77. The molecule has 0 aliphatic carbocycles. The fourth-order valence-corrected chi connectivity index (χ4v) is 3.28. The van der Waals surface area contributed by atoms with Crippen molar-refractivity contribution in [2.45, 2.75) is 39.2 Å². The lowest BCUT2D eigenvalue weighted by Crippen LogP contribution is -2.56. The summed E-state index contributed by atoms with van der Waals surface area (Å²) in [6, 6.07) is 2.32. The van der Waals surface area contributed by atoms with Gasteiger partial charge >= 0.3 is 0 Å². The number of aryl methyl sites for hydroxylation is 1. The zero-order chi connectivity index (χ0) is 17.8. The van der Waals surface area contributed by atoms with Crippen LogP contribution in [0.2, 0.25) is 0 Å². The van der Waals surface area contributed by atoms with E-state index in [1.54, 1.807) is 13.3 Å². The Balaban J connectivity index is 1.93. The van der Waals surface area contributed by atoms with Crippen molar-refractivity contribution in [1.29, 1.82) is 0 Å². The minimum atomic E-state index is -0.00237. The standard InChI is InChI=1S/C17H27N7O/c1-4-5-6-14-9-16(24-17(21-14)19-12-20-24)23-8-7-22(3)11-15(23)10-18-13(2)25/h9,12,15H,4-8,10-11H2,1-3H3,(H,18,25). The Hall–Kier alpha value is -2.22. The number of piperazine rings is 1. The topological polar surface area (TPSA) is 78.7 Å². The molecule has 25 heavy (non-hydrogen) atoms. The highest BCUT2D eigenvalue weighted by molar-refractivity contribution is 5.72. The van der Waals surface area contributed by atoms with Gasteiger partial charge in [0.15, 0.2) is 0 Å². The van der Waals surface area contributed by atoms with Crippen molar-refractivity contribution in [3.8, 4) is 0 Å². The number of hydrogen-bond acceptors (Lipinski definition) is 6. The Labute approximate surface area is 148 Å². The minimum absolute atomic E-state index is 0.00237. The van der Waals surface area contributed by atoms with E-state index in [0.29, 0.717) is 12.3 Å². The van der Waals surface area contributed by atoms with Crippen LogP contribution in [-0.4, -0.2) is 69.7 Å². The van der Waals surface area contributed by atoms with E-state index in [0.717, 1.165) is 50.4 Å². The molecule has 0 radical (unpaired) electrons. The average Bonchev–Trinajstić information content (AvgIpc) is 3.06. The Morgan fingerprint density at radius 3 is 3.00 bits per heavy atom. The molecule has 1 fully saturated rings. The summed E-state index contributed by atoms with van der Waals surface area (Å²) in [6.45, 7) is 7.10. The number of carbonyl (C=O) groups is 1. The lowest BCUT2D eigenvalue weighted by Gasteiger charge is -2.41. The fourth-order valence-electron chi connectivity index (χ4n) is 3.28. The molecule has 0 aromatic carbocycles. The summed E-state index contributed by atoms with van der Waals surface area (Å²) in [6.07, 6.45) is 4.73. The first-order valence-corrected chi connectivity index (χ1v) is 8.97. The number of anilines is 1. The summed E-state index contributed by atoms with van der Waals surface area (Å²) in [7, 11) is 2.11. The van der Waals surface area contributed by atoms with Crippen molar-refractivity contribution in [2.24, 2.45) is 0 Å². The van der Waals surface area contributed by atoms with Gasteiger partial charge in [-0.2, -0.15) is 14.6 Å². The molecule has 1 N–H and O–H groups in total. The zero-order valence-corrected chi connectivity index (χ0v) is 15.3. The van der Waals surface area contributed by atoms with Crippen LogP contribution in [0, 0.1) is 0 Å². The zero-order valence-electron chi connectivity index (χ0n) is 15.3. The predicted molar refractivity (Wildman–Crippen MR) is 96.7 cm³/mol. The highest BCUT2D eigenvalue weighted by Gasteiger charge is 2.28.